The van der Waals surface area contributed by atoms with Gasteiger partial charge in [-0.05, 0) is 39.2 Å². The zero-order valence-electron chi connectivity index (χ0n) is 17.8. The first-order valence-corrected chi connectivity index (χ1v) is 12.6. The van der Waals surface area contributed by atoms with Crippen molar-refractivity contribution in [2.75, 3.05) is 12.8 Å². The molecule has 0 amide bonds. The standard InChI is InChI=1S/C20H34N4O2S2/c1-6-7-10-24-18(13-23(5)14-19-22-17(4)15-27-19)12-21-20(24)28(25,26)11-8-9-16(2)3/h12,15-16H,6-11,13-14H2,1-5H3. The molecule has 0 N–H and O–H groups in total. The fraction of sp³-hybridized carbons (Fsp3) is 0.700. The van der Waals surface area contributed by atoms with E-state index in [1.807, 2.05) is 18.5 Å². The lowest BCUT2D eigenvalue weighted by atomic mass is 10.1. The topological polar surface area (TPSA) is 68.1 Å². The lowest BCUT2D eigenvalue weighted by Crippen LogP contribution is -2.21. The van der Waals surface area contributed by atoms with E-state index in [0.29, 0.717) is 25.4 Å². The number of thiazole rings is 1. The van der Waals surface area contributed by atoms with Crippen LogP contribution >= 0.6 is 11.3 Å². The van der Waals surface area contributed by atoms with Crippen LogP contribution in [-0.4, -0.2) is 40.7 Å². The van der Waals surface area contributed by atoms with Gasteiger partial charge in [-0.15, -0.1) is 11.3 Å². The Bertz CT molecular complexity index is 840. The van der Waals surface area contributed by atoms with Crippen LogP contribution in [0.3, 0.4) is 0 Å². The molecule has 2 heterocycles. The van der Waals surface area contributed by atoms with Crippen molar-refractivity contribution in [2.24, 2.45) is 5.92 Å². The summed E-state index contributed by atoms with van der Waals surface area (Å²) in [5.74, 6) is 0.677. The van der Waals surface area contributed by atoms with Crippen molar-refractivity contribution < 1.29 is 8.42 Å². The first-order valence-electron chi connectivity index (χ1n) is 10.1. The van der Waals surface area contributed by atoms with E-state index >= 15 is 0 Å². The number of aryl methyl sites for hydroxylation is 1. The van der Waals surface area contributed by atoms with E-state index in [0.717, 1.165) is 42.2 Å². The number of rotatable bonds is 12. The summed E-state index contributed by atoms with van der Waals surface area (Å²) in [7, 11) is -1.33. The molecule has 0 fully saturated rings. The number of nitrogens with zero attached hydrogens (tertiary/aromatic N) is 4. The number of unbranched alkanes of at least 4 members (excludes halogenated alkanes) is 1. The second-order valence-corrected chi connectivity index (χ2v) is 10.9. The third kappa shape index (κ3) is 6.67. The van der Waals surface area contributed by atoms with Gasteiger partial charge in [0.25, 0.3) is 0 Å². The van der Waals surface area contributed by atoms with Gasteiger partial charge in [0.1, 0.15) is 5.01 Å². The lowest BCUT2D eigenvalue weighted by molar-refractivity contribution is 0.306. The molecule has 28 heavy (non-hydrogen) atoms. The summed E-state index contributed by atoms with van der Waals surface area (Å²) < 4.78 is 27.7. The van der Waals surface area contributed by atoms with Crippen LogP contribution in [0.2, 0.25) is 0 Å². The molecule has 0 unspecified atom stereocenters. The zero-order chi connectivity index (χ0) is 20.7. The Morgan fingerprint density at radius 2 is 2.00 bits per heavy atom. The Kier molecular flexibility index (Phi) is 8.64. The predicted molar refractivity (Wildman–Crippen MR) is 115 cm³/mol. The molecule has 0 aromatic carbocycles. The molecule has 0 atom stereocenters. The molecule has 0 bridgehead atoms. The van der Waals surface area contributed by atoms with Crippen molar-refractivity contribution in [1.29, 1.82) is 0 Å². The Morgan fingerprint density at radius 1 is 1.25 bits per heavy atom. The lowest BCUT2D eigenvalue weighted by Gasteiger charge is -2.17. The first-order chi connectivity index (χ1) is 13.2. The fourth-order valence-corrected chi connectivity index (χ4v) is 5.47. The minimum atomic E-state index is -3.36. The van der Waals surface area contributed by atoms with Crippen LogP contribution in [0.1, 0.15) is 62.8 Å². The predicted octanol–water partition coefficient (Wildman–Crippen LogP) is 4.29. The van der Waals surface area contributed by atoms with Gasteiger partial charge in [-0.3, -0.25) is 4.90 Å². The Balaban J connectivity index is 2.15. The highest BCUT2D eigenvalue weighted by atomic mass is 32.2. The van der Waals surface area contributed by atoms with Crippen LogP contribution in [0.5, 0.6) is 0 Å². The van der Waals surface area contributed by atoms with Gasteiger partial charge in [0.15, 0.2) is 0 Å². The highest BCUT2D eigenvalue weighted by Gasteiger charge is 2.23. The van der Waals surface area contributed by atoms with Crippen LogP contribution in [0, 0.1) is 12.8 Å². The summed E-state index contributed by atoms with van der Waals surface area (Å²) >= 11 is 1.66. The maximum atomic E-state index is 12.9. The number of imidazole rings is 1. The normalized spacial score (nSPS) is 12.4. The van der Waals surface area contributed by atoms with E-state index in [2.05, 4.69) is 41.0 Å². The Hall–Kier alpha value is -1.25. The Labute approximate surface area is 173 Å². The van der Waals surface area contributed by atoms with Gasteiger partial charge in [0.05, 0.1) is 24.2 Å². The van der Waals surface area contributed by atoms with Gasteiger partial charge in [-0.25, -0.2) is 18.4 Å². The highest BCUT2D eigenvalue weighted by molar-refractivity contribution is 7.91. The molecule has 158 valence electrons. The van der Waals surface area contributed by atoms with Crippen molar-refractivity contribution in [3.63, 3.8) is 0 Å². The number of sulfone groups is 1. The van der Waals surface area contributed by atoms with E-state index in [1.165, 1.54) is 0 Å². The van der Waals surface area contributed by atoms with E-state index in [1.54, 1.807) is 17.5 Å². The maximum absolute atomic E-state index is 12.9. The van der Waals surface area contributed by atoms with Crippen molar-refractivity contribution in [3.8, 4) is 0 Å². The van der Waals surface area contributed by atoms with Crippen LogP contribution in [0.15, 0.2) is 16.7 Å². The maximum Gasteiger partial charge on any atom is 0.227 e. The quantitative estimate of drug-likeness (QED) is 0.506. The van der Waals surface area contributed by atoms with Gasteiger partial charge < -0.3 is 4.57 Å². The molecule has 2 rings (SSSR count). The molecule has 0 spiro atoms. The van der Waals surface area contributed by atoms with Gasteiger partial charge in [0, 0.05) is 24.2 Å². The summed E-state index contributed by atoms with van der Waals surface area (Å²) in [5, 5.41) is 3.36. The monoisotopic (exact) mass is 426 g/mol. The molecule has 0 aliphatic carbocycles. The van der Waals surface area contributed by atoms with Crippen LogP contribution < -0.4 is 0 Å². The van der Waals surface area contributed by atoms with Crippen LogP contribution in [-0.2, 0) is 29.5 Å². The Morgan fingerprint density at radius 3 is 2.61 bits per heavy atom. The van der Waals surface area contributed by atoms with Crippen molar-refractivity contribution in [3.05, 3.63) is 28.0 Å². The van der Waals surface area contributed by atoms with Crippen LogP contribution in [0.4, 0.5) is 0 Å². The molecule has 2 aromatic rings. The summed E-state index contributed by atoms with van der Waals surface area (Å²) in [5.41, 5.74) is 1.99. The number of hydrogen-bond acceptors (Lipinski definition) is 6. The van der Waals surface area contributed by atoms with Crippen molar-refractivity contribution in [1.82, 2.24) is 19.4 Å². The highest BCUT2D eigenvalue weighted by Crippen LogP contribution is 2.19. The summed E-state index contributed by atoms with van der Waals surface area (Å²) in [6.45, 7) is 10.4. The average molecular weight is 427 g/mol. The minimum absolute atomic E-state index is 0.169. The average Bonchev–Trinajstić information content (AvgIpc) is 3.18. The molecular formula is C20H34N4O2S2. The molecule has 8 heteroatoms. The smallest absolute Gasteiger partial charge is 0.227 e. The first kappa shape index (κ1) is 23.0. The van der Waals surface area contributed by atoms with Crippen LogP contribution in [0.25, 0.3) is 0 Å². The third-order valence-electron chi connectivity index (χ3n) is 4.61. The molecule has 6 nitrogen and oxygen atoms in total. The van der Waals surface area contributed by atoms with Crippen molar-refractivity contribution >= 4 is 21.2 Å². The SMILES string of the molecule is CCCCn1c(CN(C)Cc2nc(C)cs2)cnc1S(=O)(=O)CCCC(C)C. The van der Waals surface area contributed by atoms with E-state index < -0.39 is 9.84 Å². The van der Waals surface area contributed by atoms with Gasteiger partial charge >= 0.3 is 0 Å². The molecule has 0 radical (unpaired) electrons. The van der Waals surface area contributed by atoms with E-state index in [4.69, 9.17) is 0 Å². The zero-order valence-corrected chi connectivity index (χ0v) is 19.4. The molecular weight excluding hydrogens is 392 g/mol. The van der Waals surface area contributed by atoms with Gasteiger partial charge in [0.2, 0.25) is 15.0 Å². The van der Waals surface area contributed by atoms with Crippen molar-refractivity contribution in [2.45, 2.75) is 78.2 Å². The second-order valence-electron chi connectivity index (χ2n) is 7.95. The summed E-state index contributed by atoms with van der Waals surface area (Å²) in [6.07, 6.45) is 5.28. The second kappa shape index (κ2) is 10.5. The largest absolute Gasteiger partial charge is 0.318 e. The molecule has 0 aliphatic heterocycles. The van der Waals surface area contributed by atoms with Gasteiger partial charge in [-0.2, -0.15) is 0 Å². The molecule has 2 aromatic heterocycles. The third-order valence-corrected chi connectivity index (χ3v) is 7.27. The van der Waals surface area contributed by atoms with E-state index in [9.17, 15) is 8.42 Å². The summed E-state index contributed by atoms with van der Waals surface area (Å²) in [4.78, 5) is 11.0. The summed E-state index contributed by atoms with van der Waals surface area (Å²) in [6, 6.07) is 0. The molecule has 0 aliphatic rings. The molecule has 0 saturated heterocycles. The molecule has 0 saturated carbocycles. The number of aromatic nitrogens is 3. The fourth-order valence-electron chi connectivity index (χ4n) is 3.13. The van der Waals surface area contributed by atoms with E-state index in [-0.39, 0.29) is 10.9 Å². The minimum Gasteiger partial charge on any atom is -0.318 e. The van der Waals surface area contributed by atoms with Gasteiger partial charge in [-0.1, -0.05) is 27.2 Å². The number of hydrogen-bond donors (Lipinski definition) is 0.